The molecular formula is C26H26N2O6. The molecule has 0 atom stereocenters. The van der Waals surface area contributed by atoms with Gasteiger partial charge in [0.15, 0.2) is 0 Å². The van der Waals surface area contributed by atoms with Crippen molar-refractivity contribution in [2.45, 2.75) is 52.7 Å². The van der Waals surface area contributed by atoms with Crippen molar-refractivity contribution in [1.82, 2.24) is 9.55 Å². The van der Waals surface area contributed by atoms with Gasteiger partial charge in [-0.25, -0.2) is 9.78 Å². The van der Waals surface area contributed by atoms with Crippen LogP contribution in [0.1, 0.15) is 43.0 Å². The Morgan fingerprint density at radius 3 is 2.76 bits per heavy atom. The third-order valence-corrected chi connectivity index (χ3v) is 5.83. The first kappa shape index (κ1) is 23.2. The summed E-state index contributed by atoms with van der Waals surface area (Å²) in [6.45, 7) is 4.17. The smallest absolute Gasteiger partial charge is 0.336 e. The molecule has 0 fully saturated rings. The fraction of sp³-hybridized carbons (Fsp3) is 0.308. The second kappa shape index (κ2) is 9.91. The molecular weight excluding hydrogens is 436 g/mol. The summed E-state index contributed by atoms with van der Waals surface area (Å²) >= 11 is 0. The van der Waals surface area contributed by atoms with Gasteiger partial charge in [0.2, 0.25) is 0 Å². The van der Waals surface area contributed by atoms with Gasteiger partial charge in [-0.15, -0.1) is 0 Å². The van der Waals surface area contributed by atoms with Gasteiger partial charge in [-0.3, -0.25) is 9.59 Å². The number of benzene rings is 2. The predicted molar refractivity (Wildman–Crippen MR) is 128 cm³/mol. The highest BCUT2D eigenvalue weighted by Gasteiger charge is 2.15. The van der Waals surface area contributed by atoms with Gasteiger partial charge in [0.05, 0.1) is 17.5 Å². The van der Waals surface area contributed by atoms with Crippen molar-refractivity contribution in [3.63, 3.8) is 0 Å². The van der Waals surface area contributed by atoms with Gasteiger partial charge < -0.3 is 18.8 Å². The highest BCUT2D eigenvalue weighted by atomic mass is 16.5. The number of nitrogens with zero attached hydrogens (tertiary/aromatic N) is 2. The van der Waals surface area contributed by atoms with Crippen LogP contribution in [0.25, 0.3) is 22.0 Å². The Labute approximate surface area is 195 Å². The average molecular weight is 463 g/mol. The Hall–Kier alpha value is -3.94. The van der Waals surface area contributed by atoms with E-state index in [1.807, 2.05) is 24.3 Å². The van der Waals surface area contributed by atoms with Crippen LogP contribution in [0.15, 0.2) is 56.5 Å². The maximum Gasteiger partial charge on any atom is 0.336 e. The summed E-state index contributed by atoms with van der Waals surface area (Å²) in [4.78, 5) is 41.9. The molecule has 0 radical (unpaired) electrons. The Balaban J connectivity index is 1.50. The van der Waals surface area contributed by atoms with E-state index in [-0.39, 0.29) is 36.3 Å². The molecule has 8 heteroatoms. The van der Waals surface area contributed by atoms with Gasteiger partial charge >= 0.3 is 11.6 Å². The summed E-state index contributed by atoms with van der Waals surface area (Å²) < 4.78 is 12.3. The monoisotopic (exact) mass is 462 g/mol. The van der Waals surface area contributed by atoms with E-state index in [1.165, 1.54) is 12.1 Å². The minimum Gasteiger partial charge on any atom is -0.508 e. The van der Waals surface area contributed by atoms with Crippen molar-refractivity contribution in [2.24, 2.45) is 0 Å². The van der Waals surface area contributed by atoms with Gasteiger partial charge in [0, 0.05) is 35.5 Å². The van der Waals surface area contributed by atoms with E-state index in [4.69, 9.17) is 9.15 Å². The van der Waals surface area contributed by atoms with Crippen LogP contribution in [0.3, 0.4) is 0 Å². The maximum atomic E-state index is 13.0. The van der Waals surface area contributed by atoms with Crippen LogP contribution in [0.5, 0.6) is 5.75 Å². The predicted octanol–water partition coefficient (Wildman–Crippen LogP) is 3.99. The standard InChI is InChI=1S/C26H26N2O6/c1-3-4-13-28-21-8-6-5-7-19(21)27-20(26(28)32)10-12-23(30)33-15-17-14-24(31)34-25-16(2)22(29)11-9-18(17)25/h5-9,11,14,29H,3-4,10,12-13,15H2,1-2H3. The summed E-state index contributed by atoms with van der Waals surface area (Å²) in [5.74, 6) is -0.497. The largest absolute Gasteiger partial charge is 0.508 e. The first-order chi connectivity index (χ1) is 16.4. The third kappa shape index (κ3) is 4.71. The quantitative estimate of drug-likeness (QED) is 0.311. The highest BCUT2D eigenvalue weighted by Crippen LogP contribution is 2.27. The molecule has 0 unspecified atom stereocenters. The zero-order valence-corrected chi connectivity index (χ0v) is 19.2. The molecule has 4 rings (SSSR count). The van der Waals surface area contributed by atoms with Crippen LogP contribution in [0, 0.1) is 6.92 Å². The minimum atomic E-state index is -0.597. The van der Waals surface area contributed by atoms with Crippen LogP contribution in [0.4, 0.5) is 0 Å². The number of hydrogen-bond donors (Lipinski definition) is 1. The summed E-state index contributed by atoms with van der Waals surface area (Å²) in [6.07, 6.45) is 1.95. The number of carbonyl (C=O) groups excluding carboxylic acids is 1. The van der Waals surface area contributed by atoms with E-state index < -0.39 is 11.6 Å². The normalized spacial score (nSPS) is 11.2. The number of carbonyl (C=O) groups is 1. The molecule has 0 aliphatic rings. The van der Waals surface area contributed by atoms with Crippen molar-refractivity contribution < 1.29 is 19.1 Å². The SMILES string of the molecule is CCCCn1c(=O)c(CCC(=O)OCc2cc(=O)oc3c(C)c(O)ccc23)nc2ccccc21. The van der Waals surface area contributed by atoms with Crippen LogP contribution >= 0.6 is 0 Å². The van der Waals surface area contributed by atoms with E-state index in [2.05, 4.69) is 11.9 Å². The molecule has 0 saturated carbocycles. The summed E-state index contributed by atoms with van der Waals surface area (Å²) in [5, 5.41) is 10.5. The summed E-state index contributed by atoms with van der Waals surface area (Å²) in [7, 11) is 0. The number of aromatic nitrogens is 2. The maximum absolute atomic E-state index is 13.0. The van der Waals surface area contributed by atoms with Crippen LogP contribution in [-0.4, -0.2) is 20.6 Å². The fourth-order valence-electron chi connectivity index (χ4n) is 3.93. The van der Waals surface area contributed by atoms with Crippen LogP contribution in [-0.2, 0) is 29.1 Å². The van der Waals surface area contributed by atoms with Gasteiger partial charge in [-0.1, -0.05) is 25.5 Å². The van der Waals surface area contributed by atoms with Gasteiger partial charge in [-0.2, -0.15) is 0 Å². The van der Waals surface area contributed by atoms with Crippen molar-refractivity contribution in [1.29, 1.82) is 0 Å². The summed E-state index contributed by atoms with van der Waals surface area (Å²) in [5.41, 5.74) is 2.20. The number of aromatic hydroxyl groups is 1. The number of aryl methyl sites for hydroxylation is 3. The lowest BCUT2D eigenvalue weighted by molar-refractivity contribution is -0.144. The lowest BCUT2D eigenvalue weighted by atomic mass is 10.1. The molecule has 0 saturated heterocycles. The number of para-hydroxylation sites is 2. The van der Waals surface area contributed by atoms with Crippen LogP contribution in [0.2, 0.25) is 0 Å². The first-order valence-corrected chi connectivity index (χ1v) is 11.3. The lowest BCUT2D eigenvalue weighted by Crippen LogP contribution is -2.26. The van der Waals surface area contributed by atoms with E-state index >= 15 is 0 Å². The molecule has 8 nitrogen and oxygen atoms in total. The molecule has 2 heterocycles. The summed E-state index contributed by atoms with van der Waals surface area (Å²) in [6, 6.07) is 11.8. The van der Waals surface area contributed by atoms with E-state index in [1.54, 1.807) is 17.6 Å². The molecule has 2 aromatic heterocycles. The van der Waals surface area contributed by atoms with Gasteiger partial charge in [0.25, 0.3) is 5.56 Å². The molecule has 0 aliphatic carbocycles. The molecule has 1 N–H and O–H groups in total. The Morgan fingerprint density at radius 1 is 1.18 bits per heavy atom. The number of fused-ring (bicyclic) bond motifs is 2. The van der Waals surface area contributed by atoms with Crippen molar-refractivity contribution in [2.75, 3.05) is 0 Å². The minimum absolute atomic E-state index is 0.0114. The molecule has 0 amide bonds. The number of phenolic OH excluding ortho intramolecular Hbond substituents is 1. The molecule has 2 aromatic carbocycles. The van der Waals surface area contributed by atoms with Crippen molar-refractivity contribution in [3.05, 3.63) is 80.1 Å². The fourth-order valence-corrected chi connectivity index (χ4v) is 3.93. The second-order valence-electron chi connectivity index (χ2n) is 8.20. The number of esters is 1. The average Bonchev–Trinajstić information content (AvgIpc) is 2.83. The van der Waals surface area contributed by atoms with Crippen molar-refractivity contribution >= 4 is 28.0 Å². The number of ether oxygens (including phenoxy) is 1. The van der Waals surface area contributed by atoms with Gasteiger partial charge in [0.1, 0.15) is 23.6 Å². The van der Waals surface area contributed by atoms with Crippen LogP contribution < -0.4 is 11.2 Å². The number of rotatable bonds is 8. The number of unbranched alkanes of at least 4 members (excludes halogenated alkanes) is 1. The molecule has 0 spiro atoms. The molecule has 34 heavy (non-hydrogen) atoms. The van der Waals surface area contributed by atoms with Crippen molar-refractivity contribution in [3.8, 4) is 5.75 Å². The highest BCUT2D eigenvalue weighted by molar-refractivity contribution is 5.85. The topological polar surface area (TPSA) is 112 Å². The Morgan fingerprint density at radius 2 is 1.97 bits per heavy atom. The Kier molecular flexibility index (Phi) is 6.77. The third-order valence-electron chi connectivity index (χ3n) is 5.83. The Bertz CT molecular complexity index is 1480. The second-order valence-corrected chi connectivity index (χ2v) is 8.20. The molecule has 0 aliphatic heterocycles. The molecule has 4 aromatic rings. The zero-order valence-electron chi connectivity index (χ0n) is 19.2. The lowest BCUT2D eigenvalue weighted by Gasteiger charge is -2.12. The van der Waals surface area contributed by atoms with E-state index in [0.717, 1.165) is 18.4 Å². The number of phenols is 1. The van der Waals surface area contributed by atoms with Gasteiger partial charge in [-0.05, 0) is 37.6 Å². The molecule has 0 bridgehead atoms. The molecule has 176 valence electrons. The number of hydrogen-bond acceptors (Lipinski definition) is 7. The zero-order chi connectivity index (χ0) is 24.2. The van der Waals surface area contributed by atoms with E-state index in [0.29, 0.717) is 34.3 Å². The van der Waals surface area contributed by atoms with E-state index in [9.17, 15) is 19.5 Å². The first-order valence-electron chi connectivity index (χ1n) is 11.3.